The van der Waals surface area contributed by atoms with Gasteiger partial charge in [0.15, 0.2) is 11.5 Å². The van der Waals surface area contributed by atoms with Crippen LogP contribution in [0.4, 0.5) is 23.8 Å². The molecule has 1 aromatic rings. The van der Waals surface area contributed by atoms with Crippen LogP contribution in [0.15, 0.2) is 12.1 Å². The van der Waals surface area contributed by atoms with Gasteiger partial charge in [-0.3, -0.25) is 5.32 Å². The highest BCUT2D eigenvalue weighted by molar-refractivity contribution is 5.87. The zero-order chi connectivity index (χ0) is 12.3. The van der Waals surface area contributed by atoms with Gasteiger partial charge in [-0.05, 0) is 12.1 Å². The number of nitrogens with one attached hydrogen (secondary N) is 1. The van der Waals surface area contributed by atoms with Crippen LogP contribution >= 0.6 is 0 Å². The average Bonchev–Trinajstić information content (AvgIpc) is 2.17. The Morgan fingerprint density at radius 3 is 2.31 bits per heavy atom. The molecule has 1 aromatic heterocycles. The SMILES string of the molecule is CN(C)C(=O)Nc1ccc(C(F)(F)F)nn1. The molecule has 5 nitrogen and oxygen atoms in total. The summed E-state index contributed by atoms with van der Waals surface area (Å²) in [5.41, 5.74) is -1.10. The van der Waals surface area contributed by atoms with Crippen LogP contribution in [-0.4, -0.2) is 35.2 Å². The van der Waals surface area contributed by atoms with Crippen LogP contribution in [0.3, 0.4) is 0 Å². The topological polar surface area (TPSA) is 58.1 Å². The number of hydrogen-bond donors (Lipinski definition) is 1. The molecule has 0 unspecified atom stereocenters. The van der Waals surface area contributed by atoms with Crippen molar-refractivity contribution in [1.29, 1.82) is 0 Å². The first kappa shape index (κ1) is 12.2. The zero-order valence-electron chi connectivity index (χ0n) is 8.54. The summed E-state index contributed by atoms with van der Waals surface area (Å²) in [5, 5.41) is 8.46. The van der Waals surface area contributed by atoms with Crippen molar-refractivity contribution in [3.05, 3.63) is 17.8 Å². The van der Waals surface area contributed by atoms with E-state index < -0.39 is 17.9 Å². The summed E-state index contributed by atoms with van der Waals surface area (Å²) in [5.74, 6) is -0.0355. The van der Waals surface area contributed by atoms with E-state index >= 15 is 0 Å². The van der Waals surface area contributed by atoms with Crippen molar-refractivity contribution >= 4 is 11.8 Å². The summed E-state index contributed by atoms with van der Waals surface area (Å²) in [4.78, 5) is 12.3. The molecule has 0 aliphatic rings. The molecule has 1 N–H and O–H groups in total. The van der Waals surface area contributed by atoms with E-state index in [1.165, 1.54) is 19.0 Å². The molecule has 16 heavy (non-hydrogen) atoms. The molecule has 0 saturated heterocycles. The monoisotopic (exact) mass is 234 g/mol. The Hall–Kier alpha value is -1.86. The molecule has 0 bridgehead atoms. The fourth-order valence-corrected chi connectivity index (χ4v) is 0.771. The summed E-state index contributed by atoms with van der Waals surface area (Å²) in [6.45, 7) is 0. The second-order valence-corrected chi connectivity index (χ2v) is 3.13. The van der Waals surface area contributed by atoms with Crippen molar-refractivity contribution in [2.24, 2.45) is 0 Å². The van der Waals surface area contributed by atoms with Crippen molar-refractivity contribution in [2.45, 2.75) is 6.18 Å². The van der Waals surface area contributed by atoms with Crippen molar-refractivity contribution in [1.82, 2.24) is 15.1 Å². The molecule has 0 radical (unpaired) electrons. The number of amides is 2. The summed E-state index contributed by atoms with van der Waals surface area (Å²) in [6, 6.07) is 1.30. The normalized spacial score (nSPS) is 11.1. The van der Waals surface area contributed by atoms with E-state index in [1.807, 2.05) is 0 Å². The maximum Gasteiger partial charge on any atom is 0.435 e. The van der Waals surface area contributed by atoms with E-state index in [4.69, 9.17) is 0 Å². The molecular formula is C8H9F3N4O. The van der Waals surface area contributed by atoms with Crippen LogP contribution in [0, 0.1) is 0 Å². The molecular weight excluding hydrogens is 225 g/mol. The van der Waals surface area contributed by atoms with E-state index in [9.17, 15) is 18.0 Å². The molecule has 0 aliphatic heterocycles. The first-order valence-corrected chi connectivity index (χ1v) is 4.20. The number of carbonyl (C=O) groups is 1. The van der Waals surface area contributed by atoms with E-state index in [-0.39, 0.29) is 5.82 Å². The Kier molecular flexibility index (Phi) is 3.31. The van der Waals surface area contributed by atoms with Crippen molar-refractivity contribution in [2.75, 3.05) is 19.4 Å². The highest BCUT2D eigenvalue weighted by atomic mass is 19.4. The minimum absolute atomic E-state index is 0.0355. The van der Waals surface area contributed by atoms with Crippen LogP contribution in [-0.2, 0) is 6.18 Å². The first-order chi connectivity index (χ1) is 7.30. The van der Waals surface area contributed by atoms with Crippen LogP contribution < -0.4 is 5.32 Å². The molecule has 8 heteroatoms. The summed E-state index contributed by atoms with van der Waals surface area (Å²) in [6.07, 6.45) is -4.53. The average molecular weight is 234 g/mol. The minimum Gasteiger partial charge on any atom is -0.331 e. The van der Waals surface area contributed by atoms with Crippen LogP contribution in [0.25, 0.3) is 0 Å². The van der Waals surface area contributed by atoms with E-state index in [1.54, 1.807) is 0 Å². The fraction of sp³-hybridized carbons (Fsp3) is 0.375. The highest BCUT2D eigenvalue weighted by Crippen LogP contribution is 2.26. The van der Waals surface area contributed by atoms with Gasteiger partial charge in [0.25, 0.3) is 0 Å². The third kappa shape index (κ3) is 3.07. The smallest absolute Gasteiger partial charge is 0.331 e. The Bertz CT molecular complexity index is 374. The van der Waals surface area contributed by atoms with Crippen molar-refractivity contribution in [3.63, 3.8) is 0 Å². The van der Waals surface area contributed by atoms with Gasteiger partial charge in [-0.2, -0.15) is 13.2 Å². The van der Waals surface area contributed by atoms with Gasteiger partial charge in [0.05, 0.1) is 0 Å². The fourth-order valence-electron chi connectivity index (χ4n) is 0.771. The highest BCUT2D eigenvalue weighted by Gasteiger charge is 2.32. The van der Waals surface area contributed by atoms with E-state index in [0.29, 0.717) is 0 Å². The van der Waals surface area contributed by atoms with Gasteiger partial charge in [0.1, 0.15) is 0 Å². The zero-order valence-corrected chi connectivity index (χ0v) is 8.54. The minimum atomic E-state index is -4.53. The number of rotatable bonds is 1. The number of urea groups is 1. The predicted molar refractivity (Wildman–Crippen MR) is 49.7 cm³/mol. The summed E-state index contributed by atoms with van der Waals surface area (Å²) >= 11 is 0. The van der Waals surface area contributed by atoms with Crippen molar-refractivity contribution < 1.29 is 18.0 Å². The number of alkyl halides is 3. The molecule has 0 spiro atoms. The molecule has 2 amide bonds. The van der Waals surface area contributed by atoms with Gasteiger partial charge < -0.3 is 4.90 Å². The lowest BCUT2D eigenvalue weighted by Crippen LogP contribution is -2.28. The number of aromatic nitrogens is 2. The molecule has 0 aliphatic carbocycles. The second-order valence-electron chi connectivity index (χ2n) is 3.13. The van der Waals surface area contributed by atoms with Crippen LogP contribution in [0.1, 0.15) is 5.69 Å². The number of carbonyl (C=O) groups excluding carboxylic acids is 1. The number of anilines is 1. The lowest BCUT2D eigenvalue weighted by atomic mass is 10.4. The number of hydrogen-bond acceptors (Lipinski definition) is 3. The third-order valence-electron chi connectivity index (χ3n) is 1.60. The Morgan fingerprint density at radius 1 is 1.31 bits per heavy atom. The molecule has 1 rings (SSSR count). The molecule has 0 aromatic carbocycles. The molecule has 88 valence electrons. The summed E-state index contributed by atoms with van der Waals surface area (Å²) in [7, 11) is 2.99. The Labute approximate surface area is 89.3 Å². The lowest BCUT2D eigenvalue weighted by molar-refractivity contribution is -0.141. The molecule has 0 fully saturated rings. The molecule has 0 saturated carbocycles. The third-order valence-corrected chi connectivity index (χ3v) is 1.60. The largest absolute Gasteiger partial charge is 0.435 e. The van der Waals surface area contributed by atoms with Crippen molar-refractivity contribution in [3.8, 4) is 0 Å². The first-order valence-electron chi connectivity index (χ1n) is 4.20. The predicted octanol–water partition coefficient (Wildman–Crippen LogP) is 1.59. The van der Waals surface area contributed by atoms with Gasteiger partial charge in [-0.25, -0.2) is 4.79 Å². The van der Waals surface area contributed by atoms with Gasteiger partial charge in [0, 0.05) is 14.1 Å². The maximum atomic E-state index is 12.1. The van der Waals surface area contributed by atoms with Crippen LogP contribution in [0.2, 0.25) is 0 Å². The number of halogens is 3. The summed E-state index contributed by atoms with van der Waals surface area (Å²) < 4.78 is 36.3. The maximum absolute atomic E-state index is 12.1. The molecule has 0 atom stereocenters. The quantitative estimate of drug-likeness (QED) is 0.802. The molecule has 1 heterocycles. The standard InChI is InChI=1S/C8H9F3N4O/c1-15(2)7(16)12-6-4-3-5(13-14-6)8(9,10)11/h3-4H,1-2H3,(H,12,14,16). The van der Waals surface area contributed by atoms with E-state index in [0.717, 1.165) is 12.1 Å². The van der Waals surface area contributed by atoms with Gasteiger partial charge >= 0.3 is 12.2 Å². The van der Waals surface area contributed by atoms with Crippen LogP contribution in [0.5, 0.6) is 0 Å². The van der Waals surface area contributed by atoms with Gasteiger partial charge in [-0.1, -0.05) is 0 Å². The Morgan fingerprint density at radius 2 is 1.94 bits per heavy atom. The van der Waals surface area contributed by atoms with E-state index in [2.05, 4.69) is 15.5 Å². The second kappa shape index (κ2) is 4.33. The van der Waals surface area contributed by atoms with Gasteiger partial charge in [0.2, 0.25) is 0 Å². The number of nitrogens with zero attached hydrogens (tertiary/aromatic N) is 3. The lowest BCUT2D eigenvalue weighted by Gasteiger charge is -2.11. The van der Waals surface area contributed by atoms with Gasteiger partial charge in [-0.15, -0.1) is 10.2 Å². The Balaban J connectivity index is 2.76.